The molecule has 0 atom stereocenters. The maximum Gasteiger partial charge on any atom is 0.238 e. The summed E-state index contributed by atoms with van der Waals surface area (Å²) in [5, 5.41) is 6.04. The van der Waals surface area contributed by atoms with Crippen molar-refractivity contribution in [3.63, 3.8) is 0 Å². The van der Waals surface area contributed by atoms with Gasteiger partial charge in [-0.25, -0.2) is 0 Å². The van der Waals surface area contributed by atoms with E-state index in [1.807, 2.05) is 52.0 Å². The van der Waals surface area contributed by atoms with Crippen molar-refractivity contribution in [2.24, 2.45) is 5.92 Å². The van der Waals surface area contributed by atoms with Gasteiger partial charge in [-0.3, -0.25) is 14.5 Å². The number of amides is 2. The fourth-order valence-electron chi connectivity index (χ4n) is 4.09. The number of aryl methyl sites for hydroxylation is 4. The van der Waals surface area contributed by atoms with Crippen molar-refractivity contribution in [2.75, 3.05) is 30.3 Å². The van der Waals surface area contributed by atoms with Gasteiger partial charge >= 0.3 is 0 Å². The van der Waals surface area contributed by atoms with Crippen LogP contribution >= 0.6 is 0 Å². The summed E-state index contributed by atoms with van der Waals surface area (Å²) in [6.45, 7) is 9.98. The number of carbonyl (C=O) groups excluding carboxylic acids is 2. The Balaban J connectivity index is 1.47. The first-order valence-corrected chi connectivity index (χ1v) is 10.3. The highest BCUT2D eigenvalue weighted by atomic mass is 16.2. The van der Waals surface area contributed by atoms with Crippen LogP contribution in [-0.2, 0) is 9.59 Å². The third-order valence-electron chi connectivity index (χ3n) is 5.32. The zero-order chi connectivity index (χ0) is 21.0. The molecule has 2 N–H and O–H groups in total. The maximum atomic E-state index is 12.6. The minimum Gasteiger partial charge on any atom is -0.326 e. The van der Waals surface area contributed by atoms with E-state index in [1.54, 1.807) is 0 Å². The predicted molar refractivity (Wildman–Crippen MR) is 118 cm³/mol. The standard InChI is InChI=1S/C24H31N3O2/c1-16-9-17(2)12-21(11-16)25-23(28)15-27-7-5-20(6-8-27)24(29)26-22-13-18(3)10-19(4)14-22/h9-14,20H,5-8,15H2,1-4H3,(H,25,28)(H,26,29). The van der Waals surface area contributed by atoms with E-state index in [-0.39, 0.29) is 17.7 Å². The van der Waals surface area contributed by atoms with E-state index in [9.17, 15) is 9.59 Å². The Morgan fingerprint density at radius 2 is 1.24 bits per heavy atom. The van der Waals surface area contributed by atoms with Crippen LogP contribution in [0.15, 0.2) is 36.4 Å². The summed E-state index contributed by atoms with van der Waals surface area (Å²) in [5.41, 5.74) is 6.26. The molecule has 1 aliphatic rings. The zero-order valence-electron chi connectivity index (χ0n) is 17.8. The molecule has 2 aromatic rings. The van der Waals surface area contributed by atoms with Crippen LogP contribution in [0.2, 0.25) is 0 Å². The molecule has 3 rings (SSSR count). The number of piperidine rings is 1. The summed E-state index contributed by atoms with van der Waals surface area (Å²) in [6.07, 6.45) is 1.54. The highest BCUT2D eigenvalue weighted by Gasteiger charge is 2.26. The van der Waals surface area contributed by atoms with E-state index in [1.165, 1.54) is 0 Å². The Kier molecular flexibility index (Phi) is 6.70. The van der Waals surface area contributed by atoms with Gasteiger partial charge in [0.2, 0.25) is 11.8 Å². The molecule has 1 fully saturated rings. The topological polar surface area (TPSA) is 61.4 Å². The number of rotatable bonds is 5. The van der Waals surface area contributed by atoms with E-state index < -0.39 is 0 Å². The monoisotopic (exact) mass is 393 g/mol. The molecule has 1 aliphatic heterocycles. The van der Waals surface area contributed by atoms with Gasteiger partial charge in [0.05, 0.1) is 6.54 Å². The number of hydrogen-bond donors (Lipinski definition) is 2. The number of benzene rings is 2. The van der Waals surface area contributed by atoms with E-state index >= 15 is 0 Å². The Hall–Kier alpha value is -2.66. The van der Waals surface area contributed by atoms with Gasteiger partial charge in [-0.2, -0.15) is 0 Å². The molecule has 2 amide bonds. The number of nitrogens with one attached hydrogen (secondary N) is 2. The second kappa shape index (κ2) is 9.23. The zero-order valence-corrected chi connectivity index (χ0v) is 17.8. The van der Waals surface area contributed by atoms with Gasteiger partial charge in [-0.1, -0.05) is 12.1 Å². The van der Waals surface area contributed by atoms with E-state index in [0.29, 0.717) is 6.54 Å². The molecule has 2 aromatic carbocycles. The highest BCUT2D eigenvalue weighted by molar-refractivity contribution is 5.93. The maximum absolute atomic E-state index is 12.6. The smallest absolute Gasteiger partial charge is 0.238 e. The third kappa shape index (κ3) is 6.16. The second-order valence-corrected chi connectivity index (χ2v) is 8.34. The predicted octanol–water partition coefficient (Wildman–Crippen LogP) is 4.21. The van der Waals surface area contributed by atoms with Gasteiger partial charge in [-0.05, 0) is 100 Å². The minimum absolute atomic E-state index is 0.00504. The lowest BCUT2D eigenvalue weighted by Crippen LogP contribution is -2.41. The lowest BCUT2D eigenvalue weighted by Gasteiger charge is -2.30. The van der Waals surface area contributed by atoms with Gasteiger partial charge in [0.1, 0.15) is 0 Å². The number of carbonyl (C=O) groups is 2. The molecule has 0 aliphatic carbocycles. The van der Waals surface area contributed by atoms with Crippen LogP contribution in [0.4, 0.5) is 11.4 Å². The van der Waals surface area contributed by atoms with Crippen LogP contribution < -0.4 is 10.6 Å². The summed E-state index contributed by atoms with van der Waals surface area (Å²) in [4.78, 5) is 27.1. The molecule has 29 heavy (non-hydrogen) atoms. The quantitative estimate of drug-likeness (QED) is 0.800. The van der Waals surface area contributed by atoms with Crippen LogP contribution in [0, 0.1) is 33.6 Å². The summed E-state index contributed by atoms with van der Waals surface area (Å²) < 4.78 is 0. The molecular formula is C24H31N3O2. The van der Waals surface area contributed by atoms with E-state index in [4.69, 9.17) is 0 Å². The van der Waals surface area contributed by atoms with E-state index in [0.717, 1.165) is 59.6 Å². The van der Waals surface area contributed by atoms with Gasteiger partial charge in [0.25, 0.3) is 0 Å². The van der Waals surface area contributed by atoms with Crippen molar-refractivity contribution in [3.8, 4) is 0 Å². The van der Waals surface area contributed by atoms with Gasteiger partial charge < -0.3 is 10.6 Å². The van der Waals surface area contributed by atoms with Gasteiger partial charge in [-0.15, -0.1) is 0 Å². The van der Waals surface area contributed by atoms with Crippen LogP contribution in [0.3, 0.4) is 0 Å². The molecule has 154 valence electrons. The molecule has 0 bridgehead atoms. The van der Waals surface area contributed by atoms with Crippen LogP contribution in [0.5, 0.6) is 0 Å². The Labute approximate surface area is 173 Å². The lowest BCUT2D eigenvalue weighted by atomic mass is 9.95. The molecule has 0 saturated carbocycles. The first kappa shape index (κ1) is 21.1. The average molecular weight is 394 g/mol. The van der Waals surface area contributed by atoms with E-state index in [2.05, 4.69) is 27.7 Å². The second-order valence-electron chi connectivity index (χ2n) is 8.34. The number of nitrogens with zero attached hydrogens (tertiary/aromatic N) is 1. The fourth-order valence-corrected chi connectivity index (χ4v) is 4.09. The first-order chi connectivity index (χ1) is 13.8. The molecule has 0 unspecified atom stereocenters. The number of hydrogen-bond acceptors (Lipinski definition) is 3. The molecule has 5 heteroatoms. The molecule has 1 saturated heterocycles. The van der Waals surface area contributed by atoms with Crippen molar-refractivity contribution in [2.45, 2.75) is 40.5 Å². The number of anilines is 2. The SMILES string of the molecule is Cc1cc(C)cc(NC(=O)CN2CCC(C(=O)Nc3cc(C)cc(C)c3)CC2)c1. The van der Waals surface area contributed by atoms with Crippen molar-refractivity contribution < 1.29 is 9.59 Å². The third-order valence-corrected chi connectivity index (χ3v) is 5.32. The summed E-state index contributed by atoms with van der Waals surface area (Å²) in [7, 11) is 0. The van der Waals surface area contributed by atoms with Crippen molar-refractivity contribution >= 4 is 23.2 Å². The average Bonchev–Trinajstić information content (AvgIpc) is 2.60. The Bertz CT molecular complexity index is 858. The molecule has 5 nitrogen and oxygen atoms in total. The fraction of sp³-hybridized carbons (Fsp3) is 0.417. The Morgan fingerprint density at radius 1 is 0.793 bits per heavy atom. The van der Waals surface area contributed by atoms with Crippen LogP contribution in [-0.4, -0.2) is 36.3 Å². The normalized spacial score (nSPS) is 15.2. The highest BCUT2D eigenvalue weighted by Crippen LogP contribution is 2.21. The van der Waals surface area contributed by atoms with Gasteiger partial charge in [0, 0.05) is 17.3 Å². The van der Waals surface area contributed by atoms with Crippen LogP contribution in [0.25, 0.3) is 0 Å². The van der Waals surface area contributed by atoms with Crippen LogP contribution in [0.1, 0.15) is 35.1 Å². The largest absolute Gasteiger partial charge is 0.326 e. The molecule has 0 spiro atoms. The molecular weight excluding hydrogens is 362 g/mol. The van der Waals surface area contributed by atoms with Crippen molar-refractivity contribution in [3.05, 3.63) is 58.7 Å². The summed E-state index contributed by atoms with van der Waals surface area (Å²) in [5.74, 6) is 0.0667. The summed E-state index contributed by atoms with van der Waals surface area (Å²) >= 11 is 0. The number of likely N-dealkylation sites (tertiary alicyclic amines) is 1. The first-order valence-electron chi connectivity index (χ1n) is 10.3. The van der Waals surface area contributed by atoms with Gasteiger partial charge in [0.15, 0.2) is 0 Å². The lowest BCUT2D eigenvalue weighted by molar-refractivity contribution is -0.121. The van der Waals surface area contributed by atoms with Crippen molar-refractivity contribution in [1.29, 1.82) is 0 Å². The molecule has 1 heterocycles. The molecule has 0 aromatic heterocycles. The summed E-state index contributed by atoms with van der Waals surface area (Å²) in [6, 6.07) is 12.1. The Morgan fingerprint density at radius 3 is 1.72 bits per heavy atom. The minimum atomic E-state index is -0.00635. The molecule has 0 radical (unpaired) electrons. The van der Waals surface area contributed by atoms with Crippen molar-refractivity contribution in [1.82, 2.24) is 4.90 Å².